The maximum Gasteiger partial charge on any atom is 0.326 e. The molecule has 0 aliphatic carbocycles. The van der Waals surface area contributed by atoms with E-state index in [-0.39, 0.29) is 6.42 Å². The van der Waals surface area contributed by atoms with Crippen LogP contribution < -0.4 is 5.32 Å². The molecule has 18 heavy (non-hydrogen) atoms. The summed E-state index contributed by atoms with van der Waals surface area (Å²) in [7, 11) is 0. The second-order valence-corrected chi connectivity index (χ2v) is 4.17. The van der Waals surface area contributed by atoms with Crippen LogP contribution in [-0.4, -0.2) is 33.9 Å². The van der Waals surface area contributed by atoms with Crippen LogP contribution in [0.4, 0.5) is 0 Å². The molecule has 0 bridgehead atoms. The molecular formula is C12H15NO4S. The van der Waals surface area contributed by atoms with Crippen molar-refractivity contribution in [2.24, 2.45) is 0 Å². The average molecular weight is 269 g/mol. The van der Waals surface area contributed by atoms with Gasteiger partial charge in [0.2, 0.25) is 0 Å². The van der Waals surface area contributed by atoms with Crippen LogP contribution >= 0.6 is 12.6 Å². The van der Waals surface area contributed by atoms with Gasteiger partial charge in [-0.25, -0.2) is 4.79 Å². The number of carboxylic acid groups (broad SMARTS) is 1. The lowest BCUT2D eigenvalue weighted by atomic mass is 10.1. The predicted molar refractivity (Wildman–Crippen MR) is 69.4 cm³/mol. The molecule has 1 amide bonds. The maximum atomic E-state index is 11.7. The van der Waals surface area contributed by atoms with Crippen molar-refractivity contribution < 1.29 is 19.8 Å². The summed E-state index contributed by atoms with van der Waals surface area (Å²) in [5.41, 5.74) is 0.421. The highest BCUT2D eigenvalue weighted by molar-refractivity contribution is 7.80. The van der Waals surface area contributed by atoms with E-state index in [9.17, 15) is 14.7 Å². The number of aliphatic hydroxyl groups is 1. The van der Waals surface area contributed by atoms with Crippen LogP contribution in [0, 0.1) is 0 Å². The quantitative estimate of drug-likeness (QED) is 0.570. The van der Waals surface area contributed by atoms with E-state index in [1.807, 2.05) is 0 Å². The number of hydrogen-bond donors (Lipinski definition) is 4. The molecule has 5 nitrogen and oxygen atoms in total. The Balaban J connectivity index is 2.67. The van der Waals surface area contributed by atoms with E-state index in [1.165, 1.54) is 0 Å². The van der Waals surface area contributed by atoms with Crippen LogP contribution in [0.25, 0.3) is 0 Å². The minimum atomic E-state index is -1.37. The number of carbonyl (C=O) groups is 2. The van der Waals surface area contributed by atoms with E-state index in [4.69, 9.17) is 5.11 Å². The molecule has 0 aliphatic heterocycles. The zero-order valence-electron chi connectivity index (χ0n) is 9.61. The normalized spacial score (nSPS) is 13.7. The number of hydrogen-bond acceptors (Lipinski definition) is 4. The minimum absolute atomic E-state index is 0.200. The van der Waals surface area contributed by atoms with E-state index < -0.39 is 24.0 Å². The van der Waals surface area contributed by atoms with Gasteiger partial charge in [-0.3, -0.25) is 4.79 Å². The van der Waals surface area contributed by atoms with Gasteiger partial charge >= 0.3 is 5.97 Å². The summed E-state index contributed by atoms with van der Waals surface area (Å²) in [5, 5.41) is 20.9. The molecule has 0 saturated heterocycles. The Morgan fingerprint density at radius 2 is 1.89 bits per heavy atom. The summed E-state index contributed by atoms with van der Waals surface area (Å²) in [4.78, 5) is 22.5. The third-order valence-corrected chi connectivity index (χ3v) is 2.65. The molecule has 0 saturated carbocycles. The summed E-state index contributed by atoms with van der Waals surface area (Å²) in [6, 6.07) is 7.29. The first-order valence-corrected chi connectivity index (χ1v) is 6.06. The van der Waals surface area contributed by atoms with Crippen LogP contribution in [0.15, 0.2) is 30.3 Å². The van der Waals surface area contributed by atoms with Crippen molar-refractivity contribution in [2.45, 2.75) is 18.6 Å². The highest BCUT2D eigenvalue weighted by Crippen LogP contribution is 2.12. The highest BCUT2D eigenvalue weighted by atomic mass is 32.1. The van der Waals surface area contributed by atoms with Gasteiger partial charge in [0.1, 0.15) is 6.04 Å². The van der Waals surface area contributed by atoms with Crippen molar-refractivity contribution in [3.63, 3.8) is 0 Å². The Hall–Kier alpha value is -1.53. The SMILES string of the molecule is O=C(N[C@@H](CCS)C(=O)O)C(O)c1ccccc1. The molecule has 0 aliphatic rings. The van der Waals surface area contributed by atoms with E-state index in [0.29, 0.717) is 11.3 Å². The molecule has 1 rings (SSSR count). The van der Waals surface area contributed by atoms with Crippen LogP contribution in [-0.2, 0) is 9.59 Å². The van der Waals surface area contributed by atoms with Crippen molar-refractivity contribution >= 4 is 24.5 Å². The molecule has 0 spiro atoms. The fourth-order valence-electron chi connectivity index (χ4n) is 1.42. The van der Waals surface area contributed by atoms with Gasteiger partial charge in [0.25, 0.3) is 5.91 Å². The lowest BCUT2D eigenvalue weighted by Crippen LogP contribution is -2.43. The minimum Gasteiger partial charge on any atom is -0.480 e. The third kappa shape index (κ3) is 4.05. The Morgan fingerprint density at radius 3 is 2.39 bits per heavy atom. The molecule has 3 N–H and O–H groups in total. The molecule has 1 unspecified atom stereocenters. The molecule has 0 radical (unpaired) electrons. The average Bonchev–Trinajstić information content (AvgIpc) is 2.38. The molecule has 0 heterocycles. The highest BCUT2D eigenvalue weighted by Gasteiger charge is 2.24. The van der Waals surface area contributed by atoms with Gasteiger partial charge in [-0.05, 0) is 17.7 Å². The van der Waals surface area contributed by atoms with Crippen LogP contribution in [0.1, 0.15) is 18.1 Å². The lowest BCUT2D eigenvalue weighted by molar-refractivity contribution is -0.143. The molecule has 1 aromatic carbocycles. The third-order valence-electron chi connectivity index (χ3n) is 2.40. The van der Waals surface area contributed by atoms with Gasteiger partial charge in [-0.1, -0.05) is 30.3 Å². The summed E-state index contributed by atoms with van der Waals surface area (Å²) < 4.78 is 0. The summed E-state index contributed by atoms with van der Waals surface area (Å²) in [6.07, 6.45) is -1.17. The first-order valence-electron chi connectivity index (χ1n) is 5.43. The Kier molecular flexibility index (Phi) is 5.67. The van der Waals surface area contributed by atoms with Crippen LogP contribution in [0.3, 0.4) is 0 Å². The van der Waals surface area contributed by atoms with Crippen molar-refractivity contribution in [3.8, 4) is 0 Å². The molecule has 0 aromatic heterocycles. The monoisotopic (exact) mass is 269 g/mol. The van der Waals surface area contributed by atoms with Crippen molar-refractivity contribution in [1.29, 1.82) is 0 Å². The molecule has 98 valence electrons. The number of amides is 1. The van der Waals surface area contributed by atoms with Gasteiger partial charge in [0.05, 0.1) is 0 Å². The van der Waals surface area contributed by atoms with Crippen LogP contribution in [0.2, 0.25) is 0 Å². The first kappa shape index (κ1) is 14.5. The number of thiol groups is 1. The first-order chi connectivity index (χ1) is 8.56. The number of carbonyl (C=O) groups excluding carboxylic acids is 1. The zero-order valence-corrected chi connectivity index (χ0v) is 10.5. The molecule has 2 atom stereocenters. The van der Waals surface area contributed by atoms with Crippen LogP contribution in [0.5, 0.6) is 0 Å². The van der Waals surface area contributed by atoms with E-state index in [0.717, 1.165) is 0 Å². The fraction of sp³-hybridized carbons (Fsp3) is 0.333. The number of rotatable bonds is 6. The lowest BCUT2D eigenvalue weighted by Gasteiger charge is -2.16. The molecule has 0 fully saturated rings. The summed E-state index contributed by atoms with van der Waals surface area (Å²) in [6.45, 7) is 0. The largest absolute Gasteiger partial charge is 0.480 e. The maximum absolute atomic E-state index is 11.7. The number of benzene rings is 1. The van der Waals surface area contributed by atoms with Gasteiger partial charge in [-0.2, -0.15) is 12.6 Å². The van der Waals surface area contributed by atoms with Gasteiger partial charge in [0.15, 0.2) is 6.10 Å². The molecular weight excluding hydrogens is 254 g/mol. The summed E-state index contributed by atoms with van der Waals surface area (Å²) >= 11 is 3.92. The zero-order chi connectivity index (χ0) is 13.5. The van der Waals surface area contributed by atoms with Gasteiger partial charge in [0, 0.05) is 0 Å². The Labute approximate surface area is 110 Å². The number of nitrogens with one attached hydrogen (secondary N) is 1. The fourth-order valence-corrected chi connectivity index (χ4v) is 1.68. The Bertz CT molecular complexity index is 410. The van der Waals surface area contributed by atoms with Crippen molar-refractivity contribution in [2.75, 3.05) is 5.75 Å². The Morgan fingerprint density at radius 1 is 1.28 bits per heavy atom. The topological polar surface area (TPSA) is 86.6 Å². The van der Waals surface area contributed by atoms with E-state index in [1.54, 1.807) is 30.3 Å². The van der Waals surface area contributed by atoms with E-state index >= 15 is 0 Å². The second kappa shape index (κ2) is 7.03. The molecule has 6 heteroatoms. The standard InChI is InChI=1S/C12H15NO4S/c14-10(8-4-2-1-3-5-8)11(15)13-9(6-7-18)12(16)17/h1-5,9-10,14,18H,6-7H2,(H,13,15)(H,16,17)/t9-,10?/m0/s1. The van der Waals surface area contributed by atoms with Gasteiger partial charge < -0.3 is 15.5 Å². The number of aliphatic hydroxyl groups excluding tert-OH is 1. The number of aliphatic carboxylic acids is 1. The van der Waals surface area contributed by atoms with Gasteiger partial charge in [-0.15, -0.1) is 0 Å². The smallest absolute Gasteiger partial charge is 0.326 e. The van der Waals surface area contributed by atoms with Crippen molar-refractivity contribution in [3.05, 3.63) is 35.9 Å². The molecule has 1 aromatic rings. The summed E-state index contributed by atoms with van der Waals surface area (Å²) in [5.74, 6) is -1.54. The second-order valence-electron chi connectivity index (χ2n) is 3.72. The number of carboxylic acids is 1. The predicted octanol–water partition coefficient (Wildman–Crippen LogP) is 0.609. The van der Waals surface area contributed by atoms with Crippen molar-refractivity contribution in [1.82, 2.24) is 5.32 Å². The van der Waals surface area contributed by atoms with E-state index in [2.05, 4.69) is 17.9 Å².